The molecule has 174 valence electrons. The second kappa shape index (κ2) is 8.64. The largest absolute Gasteiger partial charge is 0.489 e. The smallest absolute Gasteiger partial charge is 0.317 e. The van der Waals surface area contributed by atoms with E-state index in [2.05, 4.69) is 32.4 Å². The molecule has 2 atom stereocenters. The molecule has 33 heavy (non-hydrogen) atoms. The van der Waals surface area contributed by atoms with E-state index in [4.69, 9.17) is 9.84 Å². The summed E-state index contributed by atoms with van der Waals surface area (Å²) in [5, 5.41) is 21.1. The van der Waals surface area contributed by atoms with E-state index >= 15 is 0 Å². The van der Waals surface area contributed by atoms with Crippen LogP contribution >= 0.6 is 0 Å². The van der Waals surface area contributed by atoms with Crippen LogP contribution in [-0.2, 0) is 12.0 Å². The molecule has 0 bridgehead atoms. The summed E-state index contributed by atoms with van der Waals surface area (Å²) in [6.07, 6.45) is 3.11. The monoisotopic (exact) mass is 450 g/mol. The third kappa shape index (κ3) is 4.02. The Hall–Kier alpha value is -3.17. The molecule has 9 heteroatoms. The summed E-state index contributed by atoms with van der Waals surface area (Å²) >= 11 is 0. The van der Waals surface area contributed by atoms with Crippen molar-refractivity contribution in [2.75, 3.05) is 33.3 Å². The Balaban J connectivity index is 1.39. The predicted octanol–water partition coefficient (Wildman–Crippen LogP) is 2.09. The maximum absolute atomic E-state index is 12.3. The van der Waals surface area contributed by atoms with Crippen molar-refractivity contribution in [2.24, 2.45) is 0 Å². The van der Waals surface area contributed by atoms with Crippen LogP contribution in [0.1, 0.15) is 25.5 Å². The molecule has 1 saturated heterocycles. The lowest BCUT2D eigenvalue weighted by Gasteiger charge is -2.23. The van der Waals surface area contributed by atoms with Gasteiger partial charge in [-0.25, -0.2) is 4.79 Å². The first-order valence-corrected chi connectivity index (χ1v) is 11.5. The summed E-state index contributed by atoms with van der Waals surface area (Å²) in [6.45, 7) is 5.12. The molecule has 5 rings (SSSR count). The van der Waals surface area contributed by atoms with Crippen molar-refractivity contribution in [1.82, 2.24) is 30.3 Å². The van der Waals surface area contributed by atoms with Crippen molar-refractivity contribution in [1.29, 1.82) is 0 Å². The standard InChI is InChI=1S/C24H30N6O3/c1-3-26-23(32)29-8-6-24(15-29)7-9-30-21(24)12-20(28-30)17-10-16-11-18(33-14-22(31)25-2)4-5-19(16)27-13-17/h4-5,10-13,22,25,31H,3,6-9,14-15H2,1-2H3,(H,26,32). The Morgan fingerprint density at radius 2 is 2.12 bits per heavy atom. The van der Waals surface area contributed by atoms with Crippen molar-refractivity contribution in [3.63, 3.8) is 0 Å². The van der Waals surface area contributed by atoms with Crippen LogP contribution in [0, 0.1) is 0 Å². The van der Waals surface area contributed by atoms with Gasteiger partial charge in [-0.1, -0.05) is 0 Å². The van der Waals surface area contributed by atoms with E-state index in [1.807, 2.05) is 36.2 Å². The number of amides is 2. The molecule has 0 aliphatic carbocycles. The molecular weight excluding hydrogens is 420 g/mol. The normalized spacial score (nSPS) is 20.4. The molecule has 3 aromatic rings. The summed E-state index contributed by atoms with van der Waals surface area (Å²) in [5.41, 5.74) is 3.91. The third-order valence-corrected chi connectivity index (χ3v) is 6.78. The topological polar surface area (TPSA) is 105 Å². The molecule has 2 amide bonds. The van der Waals surface area contributed by atoms with Gasteiger partial charge in [-0.05, 0) is 57.1 Å². The van der Waals surface area contributed by atoms with Crippen LogP contribution in [0.5, 0.6) is 5.75 Å². The average Bonchev–Trinajstić information content (AvgIpc) is 3.54. The molecule has 2 unspecified atom stereocenters. The van der Waals surface area contributed by atoms with E-state index in [9.17, 15) is 9.90 Å². The van der Waals surface area contributed by atoms with Gasteiger partial charge in [0, 0.05) is 54.4 Å². The summed E-state index contributed by atoms with van der Waals surface area (Å²) in [7, 11) is 1.68. The summed E-state index contributed by atoms with van der Waals surface area (Å²) in [4.78, 5) is 18.9. The lowest BCUT2D eigenvalue weighted by Crippen LogP contribution is -2.40. The van der Waals surface area contributed by atoms with Crippen molar-refractivity contribution >= 4 is 16.9 Å². The summed E-state index contributed by atoms with van der Waals surface area (Å²) in [5.74, 6) is 0.679. The van der Waals surface area contributed by atoms with Crippen LogP contribution in [0.25, 0.3) is 22.2 Å². The lowest BCUT2D eigenvalue weighted by molar-refractivity contribution is 0.0859. The molecule has 3 N–H and O–H groups in total. The molecule has 4 heterocycles. The Morgan fingerprint density at radius 1 is 1.27 bits per heavy atom. The molecule has 2 aromatic heterocycles. The summed E-state index contributed by atoms with van der Waals surface area (Å²) < 4.78 is 7.77. The van der Waals surface area contributed by atoms with Gasteiger partial charge in [0.05, 0.1) is 11.2 Å². The lowest BCUT2D eigenvalue weighted by atomic mass is 9.82. The fourth-order valence-electron chi connectivity index (χ4n) is 4.92. The molecule has 1 spiro atoms. The highest BCUT2D eigenvalue weighted by atomic mass is 16.5. The summed E-state index contributed by atoms with van der Waals surface area (Å²) in [6, 6.07) is 9.96. The van der Waals surface area contributed by atoms with E-state index in [-0.39, 0.29) is 18.1 Å². The van der Waals surface area contributed by atoms with Gasteiger partial charge in [-0.3, -0.25) is 15.0 Å². The second-order valence-corrected chi connectivity index (χ2v) is 8.87. The molecular formula is C24H30N6O3. The van der Waals surface area contributed by atoms with Gasteiger partial charge in [-0.2, -0.15) is 5.10 Å². The van der Waals surface area contributed by atoms with Gasteiger partial charge >= 0.3 is 6.03 Å². The zero-order valence-electron chi connectivity index (χ0n) is 19.0. The number of ether oxygens (including phenoxy) is 1. The molecule has 0 saturated carbocycles. The van der Waals surface area contributed by atoms with Crippen LogP contribution in [0.2, 0.25) is 0 Å². The van der Waals surface area contributed by atoms with E-state index < -0.39 is 6.23 Å². The molecule has 1 aromatic carbocycles. The highest BCUT2D eigenvalue weighted by molar-refractivity contribution is 5.84. The van der Waals surface area contributed by atoms with Crippen LogP contribution < -0.4 is 15.4 Å². The molecule has 9 nitrogen and oxygen atoms in total. The number of aliphatic hydroxyl groups is 1. The van der Waals surface area contributed by atoms with E-state index in [0.29, 0.717) is 12.3 Å². The first-order chi connectivity index (χ1) is 16.0. The van der Waals surface area contributed by atoms with Gasteiger partial charge in [0.2, 0.25) is 0 Å². The number of carbonyl (C=O) groups excluding carboxylic acids is 1. The minimum absolute atomic E-state index is 0.0181. The Bertz CT molecular complexity index is 1180. The van der Waals surface area contributed by atoms with Gasteiger partial charge < -0.3 is 20.1 Å². The molecule has 2 aliphatic rings. The molecule has 2 aliphatic heterocycles. The number of carbonyl (C=O) groups is 1. The van der Waals surface area contributed by atoms with Crippen molar-refractivity contribution in [3.05, 3.63) is 42.2 Å². The Labute approximate surface area is 192 Å². The number of likely N-dealkylation sites (tertiary alicyclic amines) is 1. The van der Waals surface area contributed by atoms with E-state index in [1.54, 1.807) is 7.05 Å². The van der Waals surface area contributed by atoms with Crippen molar-refractivity contribution in [3.8, 4) is 17.0 Å². The minimum atomic E-state index is -0.718. The zero-order chi connectivity index (χ0) is 23.0. The number of pyridine rings is 1. The second-order valence-electron chi connectivity index (χ2n) is 8.87. The molecule has 1 fully saturated rings. The number of urea groups is 1. The highest BCUT2D eigenvalue weighted by Crippen LogP contribution is 2.43. The van der Waals surface area contributed by atoms with Gasteiger partial charge in [-0.15, -0.1) is 0 Å². The number of nitrogens with zero attached hydrogens (tertiary/aromatic N) is 4. The number of nitrogens with one attached hydrogen (secondary N) is 2. The fourth-order valence-corrected chi connectivity index (χ4v) is 4.92. The average molecular weight is 451 g/mol. The fraction of sp³-hybridized carbons (Fsp3) is 0.458. The van der Waals surface area contributed by atoms with Crippen molar-refractivity contribution in [2.45, 2.75) is 38.0 Å². The predicted molar refractivity (Wildman–Crippen MR) is 125 cm³/mol. The number of rotatable bonds is 6. The van der Waals surface area contributed by atoms with Gasteiger partial charge in [0.25, 0.3) is 0 Å². The van der Waals surface area contributed by atoms with Crippen LogP contribution in [-0.4, -0.2) is 70.3 Å². The Morgan fingerprint density at radius 3 is 2.94 bits per heavy atom. The first-order valence-electron chi connectivity index (χ1n) is 11.5. The third-order valence-electron chi connectivity index (χ3n) is 6.78. The number of benzene rings is 1. The maximum Gasteiger partial charge on any atom is 0.317 e. The van der Waals surface area contributed by atoms with Crippen LogP contribution in [0.3, 0.4) is 0 Å². The SMILES string of the molecule is CCNC(=O)N1CCC2(CCn3nc(-c4cnc5ccc(OCC(O)NC)cc5c4)cc32)C1. The van der Waals surface area contributed by atoms with Crippen LogP contribution in [0.4, 0.5) is 4.79 Å². The van der Waals surface area contributed by atoms with E-state index in [0.717, 1.165) is 54.6 Å². The molecule has 0 radical (unpaired) electrons. The highest BCUT2D eigenvalue weighted by Gasteiger charge is 2.46. The zero-order valence-corrected chi connectivity index (χ0v) is 19.0. The maximum atomic E-state index is 12.3. The van der Waals surface area contributed by atoms with Crippen molar-refractivity contribution < 1.29 is 14.6 Å². The minimum Gasteiger partial charge on any atom is -0.489 e. The van der Waals surface area contributed by atoms with Gasteiger partial charge in [0.1, 0.15) is 18.6 Å². The number of likely N-dealkylation sites (N-methyl/N-ethyl adjacent to an activating group) is 1. The number of hydrogen-bond acceptors (Lipinski definition) is 6. The number of hydrogen-bond donors (Lipinski definition) is 3. The number of aryl methyl sites for hydroxylation is 1. The number of fused-ring (bicyclic) bond motifs is 3. The number of aliphatic hydroxyl groups excluding tert-OH is 1. The van der Waals surface area contributed by atoms with Gasteiger partial charge in [0.15, 0.2) is 0 Å². The quantitative estimate of drug-likeness (QED) is 0.497. The van der Waals surface area contributed by atoms with E-state index in [1.165, 1.54) is 5.69 Å². The Kier molecular flexibility index (Phi) is 5.67. The first kappa shape index (κ1) is 21.7. The van der Waals surface area contributed by atoms with Crippen LogP contribution in [0.15, 0.2) is 36.5 Å². The number of aromatic nitrogens is 3.